The summed E-state index contributed by atoms with van der Waals surface area (Å²) >= 11 is 7.84. The maximum absolute atomic E-state index is 6.16. The van der Waals surface area contributed by atoms with Gasteiger partial charge in [-0.25, -0.2) is 4.98 Å². The molecule has 3 nitrogen and oxygen atoms in total. The Balaban J connectivity index is 1.92. The summed E-state index contributed by atoms with van der Waals surface area (Å²) in [7, 11) is 0. The van der Waals surface area contributed by atoms with Crippen LogP contribution in [-0.2, 0) is 5.88 Å². The summed E-state index contributed by atoms with van der Waals surface area (Å²) in [4.78, 5) is 8.35. The minimum Gasteiger partial charge on any atom is -0.352 e. The SMILES string of the molecule is CC(C)CCN(c1nc2sccn2c1CCl)C1CC1. The second-order valence-electron chi connectivity index (χ2n) is 5.68. The zero-order valence-electron chi connectivity index (χ0n) is 11.5. The third-order valence-corrected chi connectivity index (χ3v) is 4.68. The van der Waals surface area contributed by atoms with E-state index in [-0.39, 0.29) is 0 Å². The van der Waals surface area contributed by atoms with E-state index in [0.29, 0.717) is 11.9 Å². The molecule has 0 atom stereocenters. The summed E-state index contributed by atoms with van der Waals surface area (Å²) in [5.41, 5.74) is 1.15. The third-order valence-electron chi connectivity index (χ3n) is 3.67. The molecule has 2 aromatic rings. The highest BCUT2D eigenvalue weighted by atomic mass is 35.5. The van der Waals surface area contributed by atoms with Gasteiger partial charge >= 0.3 is 0 Å². The van der Waals surface area contributed by atoms with Crippen LogP contribution in [0.5, 0.6) is 0 Å². The number of alkyl halides is 1. The summed E-state index contributed by atoms with van der Waals surface area (Å²) in [6, 6.07) is 0.685. The van der Waals surface area contributed by atoms with Crippen molar-refractivity contribution in [2.45, 2.75) is 45.0 Å². The molecule has 2 aromatic heterocycles. The third kappa shape index (κ3) is 2.61. The lowest BCUT2D eigenvalue weighted by Gasteiger charge is -2.24. The Kier molecular flexibility index (Phi) is 3.72. The molecule has 19 heavy (non-hydrogen) atoms. The van der Waals surface area contributed by atoms with Crippen molar-refractivity contribution in [1.82, 2.24) is 9.38 Å². The van der Waals surface area contributed by atoms with Crippen LogP contribution < -0.4 is 4.90 Å². The van der Waals surface area contributed by atoms with Crippen LogP contribution in [0.2, 0.25) is 0 Å². The van der Waals surface area contributed by atoms with Crippen molar-refractivity contribution in [3.63, 3.8) is 0 Å². The smallest absolute Gasteiger partial charge is 0.195 e. The average molecular weight is 298 g/mol. The van der Waals surface area contributed by atoms with Crippen LogP contribution >= 0.6 is 22.9 Å². The summed E-state index contributed by atoms with van der Waals surface area (Å²) < 4.78 is 2.14. The maximum atomic E-state index is 6.16. The van der Waals surface area contributed by atoms with Crippen LogP contribution in [0.1, 0.15) is 38.8 Å². The predicted molar refractivity (Wildman–Crippen MR) is 82.4 cm³/mol. The molecular weight excluding hydrogens is 278 g/mol. The van der Waals surface area contributed by atoms with E-state index < -0.39 is 0 Å². The van der Waals surface area contributed by atoms with E-state index >= 15 is 0 Å². The van der Waals surface area contributed by atoms with Gasteiger partial charge in [-0.2, -0.15) is 0 Å². The van der Waals surface area contributed by atoms with E-state index in [1.807, 2.05) is 0 Å². The van der Waals surface area contributed by atoms with E-state index in [9.17, 15) is 0 Å². The topological polar surface area (TPSA) is 20.5 Å². The summed E-state index contributed by atoms with van der Waals surface area (Å²) in [6.07, 6.45) is 5.88. The molecule has 0 N–H and O–H groups in total. The van der Waals surface area contributed by atoms with Crippen LogP contribution in [0.15, 0.2) is 11.6 Å². The van der Waals surface area contributed by atoms with Gasteiger partial charge in [0.25, 0.3) is 0 Å². The van der Waals surface area contributed by atoms with Gasteiger partial charge in [0.05, 0.1) is 11.6 Å². The first-order valence-corrected chi connectivity index (χ1v) is 8.39. The summed E-state index contributed by atoms with van der Waals surface area (Å²) in [5.74, 6) is 2.37. The van der Waals surface area contributed by atoms with Crippen LogP contribution in [0.4, 0.5) is 5.82 Å². The number of nitrogens with zero attached hydrogens (tertiary/aromatic N) is 3. The highest BCUT2D eigenvalue weighted by Crippen LogP contribution is 2.35. The van der Waals surface area contributed by atoms with E-state index in [2.05, 4.69) is 34.7 Å². The summed E-state index contributed by atoms with van der Waals surface area (Å²) in [6.45, 7) is 5.65. The van der Waals surface area contributed by atoms with Gasteiger partial charge in [-0.15, -0.1) is 22.9 Å². The number of hydrogen-bond donors (Lipinski definition) is 0. The van der Waals surface area contributed by atoms with Gasteiger partial charge in [0, 0.05) is 24.2 Å². The number of hydrogen-bond acceptors (Lipinski definition) is 3. The van der Waals surface area contributed by atoms with Crippen molar-refractivity contribution in [1.29, 1.82) is 0 Å². The van der Waals surface area contributed by atoms with Crippen molar-refractivity contribution in [2.75, 3.05) is 11.4 Å². The minimum atomic E-state index is 0.526. The Hall–Kier alpha value is -0.740. The average Bonchev–Trinajstić information content (AvgIpc) is 2.99. The standard InChI is InChI=1S/C14H20ClN3S/c1-10(2)5-6-17(11-3-4-11)13-12(9-15)18-7-8-19-14(18)16-13/h7-8,10-11H,3-6,9H2,1-2H3. The van der Waals surface area contributed by atoms with Crippen LogP contribution in [0.25, 0.3) is 4.96 Å². The second kappa shape index (κ2) is 5.33. The van der Waals surface area contributed by atoms with Gasteiger partial charge in [0.1, 0.15) is 0 Å². The number of fused-ring (bicyclic) bond motifs is 1. The van der Waals surface area contributed by atoms with Crippen LogP contribution in [0.3, 0.4) is 0 Å². The molecule has 5 heteroatoms. The fraction of sp³-hybridized carbons (Fsp3) is 0.643. The van der Waals surface area contributed by atoms with E-state index in [4.69, 9.17) is 16.6 Å². The fourth-order valence-corrected chi connectivity index (χ4v) is 3.40. The van der Waals surface area contributed by atoms with Crippen molar-refractivity contribution >= 4 is 33.7 Å². The number of halogens is 1. The van der Waals surface area contributed by atoms with Gasteiger partial charge in [0.15, 0.2) is 10.8 Å². The van der Waals surface area contributed by atoms with Gasteiger partial charge in [0.2, 0.25) is 0 Å². The molecule has 3 rings (SSSR count). The Labute approximate surface area is 123 Å². The number of rotatable bonds is 6. The molecule has 0 unspecified atom stereocenters. The van der Waals surface area contributed by atoms with Crippen molar-refractivity contribution in [3.8, 4) is 0 Å². The quantitative estimate of drug-likeness (QED) is 0.747. The van der Waals surface area contributed by atoms with Gasteiger partial charge in [-0.3, -0.25) is 4.40 Å². The highest BCUT2D eigenvalue weighted by molar-refractivity contribution is 7.15. The molecule has 0 amide bonds. The molecule has 0 saturated heterocycles. The van der Waals surface area contributed by atoms with Gasteiger partial charge in [-0.1, -0.05) is 13.8 Å². The first-order chi connectivity index (χ1) is 9.20. The highest BCUT2D eigenvalue weighted by Gasteiger charge is 2.32. The monoisotopic (exact) mass is 297 g/mol. The van der Waals surface area contributed by atoms with Gasteiger partial charge in [-0.05, 0) is 25.2 Å². The van der Waals surface area contributed by atoms with Crippen molar-refractivity contribution in [2.24, 2.45) is 5.92 Å². The number of aromatic nitrogens is 2. The molecule has 0 aliphatic heterocycles. The first-order valence-electron chi connectivity index (χ1n) is 6.97. The number of thiazole rings is 1. The Bertz CT molecular complexity index is 556. The molecule has 1 fully saturated rings. The molecule has 1 aliphatic rings. The predicted octanol–water partition coefficient (Wildman–Crippen LogP) is 4.15. The fourth-order valence-electron chi connectivity index (χ4n) is 2.42. The van der Waals surface area contributed by atoms with E-state index in [1.165, 1.54) is 19.3 Å². The van der Waals surface area contributed by atoms with Crippen LogP contribution in [0, 0.1) is 5.92 Å². The van der Waals surface area contributed by atoms with E-state index in [1.54, 1.807) is 11.3 Å². The lowest BCUT2D eigenvalue weighted by molar-refractivity contribution is 0.568. The maximum Gasteiger partial charge on any atom is 0.195 e. The molecule has 0 aromatic carbocycles. The summed E-state index contributed by atoms with van der Waals surface area (Å²) in [5, 5.41) is 2.07. The van der Waals surface area contributed by atoms with E-state index in [0.717, 1.165) is 28.9 Å². The minimum absolute atomic E-state index is 0.526. The molecule has 1 aliphatic carbocycles. The lowest BCUT2D eigenvalue weighted by Crippen LogP contribution is -2.29. The lowest BCUT2D eigenvalue weighted by atomic mass is 10.1. The Morgan fingerprint density at radius 3 is 2.95 bits per heavy atom. The number of anilines is 1. The Morgan fingerprint density at radius 1 is 1.53 bits per heavy atom. The zero-order valence-corrected chi connectivity index (χ0v) is 13.0. The van der Waals surface area contributed by atoms with Gasteiger partial charge < -0.3 is 4.90 Å². The molecule has 1 saturated carbocycles. The largest absolute Gasteiger partial charge is 0.352 e. The molecule has 104 valence electrons. The molecular formula is C14H20ClN3S. The second-order valence-corrected chi connectivity index (χ2v) is 6.82. The molecule has 0 radical (unpaired) electrons. The Morgan fingerprint density at radius 2 is 2.32 bits per heavy atom. The molecule has 0 bridgehead atoms. The zero-order chi connectivity index (χ0) is 13.4. The van der Waals surface area contributed by atoms with Crippen molar-refractivity contribution < 1.29 is 0 Å². The normalized spacial score (nSPS) is 15.6. The van der Waals surface area contributed by atoms with Crippen molar-refractivity contribution in [3.05, 3.63) is 17.3 Å². The molecule has 0 spiro atoms. The van der Waals surface area contributed by atoms with Crippen LogP contribution in [-0.4, -0.2) is 22.0 Å². The molecule has 2 heterocycles. The number of imidazole rings is 1. The first kappa shape index (κ1) is 13.3.